The molecule has 0 aliphatic heterocycles. The summed E-state index contributed by atoms with van der Waals surface area (Å²) >= 11 is 0. The van der Waals surface area contributed by atoms with E-state index in [9.17, 15) is 15.0 Å². The number of carbonyl (C=O) groups is 1. The van der Waals surface area contributed by atoms with E-state index in [1.54, 1.807) is 25.1 Å². The molecule has 92 valence electrons. The van der Waals surface area contributed by atoms with Gasteiger partial charge in [-0.25, -0.2) is 0 Å². The van der Waals surface area contributed by atoms with Crippen molar-refractivity contribution < 1.29 is 15.0 Å². The number of aliphatic hydroxyl groups excluding tert-OH is 1. The molecule has 1 saturated carbocycles. The zero-order valence-corrected chi connectivity index (χ0v) is 9.81. The third kappa shape index (κ3) is 2.77. The Bertz CT molecular complexity index is 427. The Morgan fingerprint density at radius 3 is 2.88 bits per heavy atom. The Kier molecular flexibility index (Phi) is 3.33. The number of hydrogen-bond donors (Lipinski definition) is 3. The molecule has 0 heterocycles. The third-order valence-electron chi connectivity index (χ3n) is 3.12. The minimum absolute atomic E-state index is 0.00547. The fourth-order valence-corrected chi connectivity index (χ4v) is 1.78. The maximum atomic E-state index is 11.8. The molecule has 3 N–H and O–H groups in total. The second kappa shape index (κ2) is 4.75. The van der Waals surface area contributed by atoms with Crippen molar-refractivity contribution in [3.05, 3.63) is 29.3 Å². The first-order valence-electron chi connectivity index (χ1n) is 5.84. The molecule has 17 heavy (non-hydrogen) atoms. The topological polar surface area (TPSA) is 69.6 Å². The molecule has 0 spiro atoms. The summed E-state index contributed by atoms with van der Waals surface area (Å²) in [6.45, 7) is 1.99. The van der Waals surface area contributed by atoms with Gasteiger partial charge in [-0.05, 0) is 37.3 Å². The third-order valence-corrected chi connectivity index (χ3v) is 3.12. The highest BCUT2D eigenvalue weighted by Crippen LogP contribution is 2.32. The lowest BCUT2D eigenvalue weighted by atomic mass is 10.1. The van der Waals surface area contributed by atoms with Crippen LogP contribution < -0.4 is 5.32 Å². The lowest BCUT2D eigenvalue weighted by molar-refractivity contribution is 0.0898. The molecule has 1 aliphatic carbocycles. The molecule has 0 bridgehead atoms. The van der Waals surface area contributed by atoms with Crippen LogP contribution in [0.15, 0.2) is 18.2 Å². The second-order valence-corrected chi connectivity index (χ2v) is 4.59. The normalized spacial score (nSPS) is 16.6. The van der Waals surface area contributed by atoms with Gasteiger partial charge in [-0.2, -0.15) is 0 Å². The summed E-state index contributed by atoms with van der Waals surface area (Å²) < 4.78 is 0. The fourth-order valence-electron chi connectivity index (χ4n) is 1.78. The zero-order valence-electron chi connectivity index (χ0n) is 9.81. The number of rotatable bonds is 4. The monoisotopic (exact) mass is 235 g/mol. The van der Waals surface area contributed by atoms with E-state index < -0.39 is 6.10 Å². The first-order chi connectivity index (χ1) is 8.09. The summed E-state index contributed by atoms with van der Waals surface area (Å²) in [5, 5.41) is 22.0. The zero-order chi connectivity index (χ0) is 12.4. The summed E-state index contributed by atoms with van der Waals surface area (Å²) in [7, 11) is 0. The molecule has 1 atom stereocenters. The van der Waals surface area contributed by atoms with Gasteiger partial charge in [-0.3, -0.25) is 4.79 Å². The predicted octanol–water partition coefficient (Wildman–Crippen LogP) is 1.20. The Balaban J connectivity index is 1.96. The number of aromatic hydroxyl groups is 1. The predicted molar refractivity (Wildman–Crippen MR) is 63.9 cm³/mol. The van der Waals surface area contributed by atoms with Crippen LogP contribution in [0.4, 0.5) is 0 Å². The van der Waals surface area contributed by atoms with Crippen molar-refractivity contribution in [2.75, 3.05) is 6.54 Å². The molecule has 1 fully saturated rings. The lowest BCUT2D eigenvalue weighted by Crippen LogP contribution is -2.33. The van der Waals surface area contributed by atoms with E-state index >= 15 is 0 Å². The van der Waals surface area contributed by atoms with Crippen LogP contribution in [0.1, 0.15) is 28.8 Å². The van der Waals surface area contributed by atoms with Crippen LogP contribution in [0.3, 0.4) is 0 Å². The van der Waals surface area contributed by atoms with E-state index in [2.05, 4.69) is 5.32 Å². The number of aliphatic hydroxyl groups is 1. The molecule has 0 radical (unpaired) electrons. The summed E-state index contributed by atoms with van der Waals surface area (Å²) in [6.07, 6.45) is 1.60. The van der Waals surface area contributed by atoms with Gasteiger partial charge in [0.05, 0.1) is 11.7 Å². The van der Waals surface area contributed by atoms with Crippen molar-refractivity contribution >= 4 is 5.91 Å². The second-order valence-electron chi connectivity index (χ2n) is 4.59. The van der Waals surface area contributed by atoms with Gasteiger partial charge in [-0.15, -0.1) is 0 Å². The molecule has 1 aliphatic rings. The van der Waals surface area contributed by atoms with Crippen LogP contribution in [-0.4, -0.2) is 28.8 Å². The standard InChI is InChI=1S/C13H17NO3/c1-8-3-2-4-10(12(8)16)13(17)14-7-11(15)9-5-6-9/h2-4,9,11,15-16H,5-7H2,1H3,(H,14,17). The molecule has 1 amide bonds. The van der Waals surface area contributed by atoms with Crippen LogP contribution in [-0.2, 0) is 0 Å². The first kappa shape index (κ1) is 11.9. The minimum atomic E-state index is -0.467. The number of phenolic OH excluding ortho intramolecular Hbond substituents is 1. The number of hydrogen-bond acceptors (Lipinski definition) is 3. The fraction of sp³-hybridized carbons (Fsp3) is 0.462. The van der Waals surface area contributed by atoms with Crippen molar-refractivity contribution in [3.8, 4) is 5.75 Å². The van der Waals surface area contributed by atoms with Gasteiger partial charge in [0.1, 0.15) is 5.75 Å². The SMILES string of the molecule is Cc1cccc(C(=O)NCC(O)C2CC2)c1O. The van der Waals surface area contributed by atoms with Crippen LogP contribution >= 0.6 is 0 Å². The number of nitrogens with one attached hydrogen (secondary N) is 1. The molecule has 0 aromatic heterocycles. The summed E-state index contributed by atoms with van der Waals surface area (Å²) in [5.41, 5.74) is 0.924. The van der Waals surface area contributed by atoms with Gasteiger partial charge in [-0.1, -0.05) is 12.1 Å². The van der Waals surface area contributed by atoms with E-state index in [1.807, 2.05) is 0 Å². The average molecular weight is 235 g/mol. The van der Waals surface area contributed by atoms with Gasteiger partial charge in [0.2, 0.25) is 0 Å². The molecule has 4 heteroatoms. The Hall–Kier alpha value is -1.55. The Morgan fingerprint density at radius 2 is 2.24 bits per heavy atom. The van der Waals surface area contributed by atoms with Crippen molar-refractivity contribution in [1.29, 1.82) is 0 Å². The van der Waals surface area contributed by atoms with E-state index in [-0.39, 0.29) is 23.8 Å². The highest BCUT2D eigenvalue weighted by molar-refractivity contribution is 5.97. The molecular weight excluding hydrogens is 218 g/mol. The van der Waals surface area contributed by atoms with Crippen LogP contribution in [0.2, 0.25) is 0 Å². The number of phenols is 1. The van der Waals surface area contributed by atoms with E-state index in [1.165, 1.54) is 0 Å². The largest absolute Gasteiger partial charge is 0.507 e. The molecule has 0 saturated heterocycles. The van der Waals surface area contributed by atoms with Gasteiger partial charge < -0.3 is 15.5 Å². The molecule has 1 aromatic carbocycles. The van der Waals surface area contributed by atoms with E-state index in [4.69, 9.17) is 0 Å². The lowest BCUT2D eigenvalue weighted by Gasteiger charge is -2.11. The quantitative estimate of drug-likeness (QED) is 0.734. The van der Waals surface area contributed by atoms with Crippen molar-refractivity contribution in [2.24, 2.45) is 5.92 Å². The van der Waals surface area contributed by atoms with Crippen molar-refractivity contribution in [1.82, 2.24) is 5.32 Å². The highest BCUT2D eigenvalue weighted by atomic mass is 16.3. The average Bonchev–Trinajstić information content (AvgIpc) is 3.13. The summed E-state index contributed by atoms with van der Waals surface area (Å²) in [4.78, 5) is 11.8. The molecule has 1 aromatic rings. The maximum Gasteiger partial charge on any atom is 0.255 e. The number of carbonyl (C=O) groups excluding carboxylic acids is 1. The Morgan fingerprint density at radius 1 is 1.53 bits per heavy atom. The molecule has 1 unspecified atom stereocenters. The maximum absolute atomic E-state index is 11.8. The van der Waals surface area contributed by atoms with Crippen molar-refractivity contribution in [3.63, 3.8) is 0 Å². The molecular formula is C13H17NO3. The summed E-state index contributed by atoms with van der Waals surface area (Å²) in [5.74, 6) is -0.00165. The van der Waals surface area contributed by atoms with Crippen molar-refractivity contribution in [2.45, 2.75) is 25.9 Å². The first-order valence-corrected chi connectivity index (χ1v) is 5.84. The molecule has 4 nitrogen and oxygen atoms in total. The highest BCUT2D eigenvalue weighted by Gasteiger charge is 2.29. The smallest absolute Gasteiger partial charge is 0.255 e. The number of para-hydroxylation sites is 1. The number of aryl methyl sites for hydroxylation is 1. The van der Waals surface area contributed by atoms with Gasteiger partial charge in [0.15, 0.2) is 0 Å². The molecule has 2 rings (SSSR count). The Labute approximate surface area is 100 Å². The van der Waals surface area contributed by atoms with E-state index in [0.29, 0.717) is 11.5 Å². The van der Waals surface area contributed by atoms with Crippen LogP contribution in [0.25, 0.3) is 0 Å². The van der Waals surface area contributed by atoms with E-state index in [0.717, 1.165) is 12.8 Å². The van der Waals surface area contributed by atoms with Gasteiger partial charge >= 0.3 is 0 Å². The van der Waals surface area contributed by atoms with Gasteiger partial charge in [0, 0.05) is 6.54 Å². The summed E-state index contributed by atoms with van der Waals surface area (Å²) in [6, 6.07) is 5.04. The van der Waals surface area contributed by atoms with Crippen LogP contribution in [0.5, 0.6) is 5.75 Å². The number of benzene rings is 1. The van der Waals surface area contributed by atoms with Crippen LogP contribution in [0, 0.1) is 12.8 Å². The van der Waals surface area contributed by atoms with Gasteiger partial charge in [0.25, 0.3) is 5.91 Å². The number of amides is 1. The minimum Gasteiger partial charge on any atom is -0.507 e.